The molecule has 27 heavy (non-hydrogen) atoms. The van der Waals surface area contributed by atoms with Crippen LogP contribution in [0.4, 0.5) is 0 Å². The molecule has 3 aromatic rings. The summed E-state index contributed by atoms with van der Waals surface area (Å²) in [7, 11) is 0. The Morgan fingerprint density at radius 3 is 2.78 bits per heavy atom. The summed E-state index contributed by atoms with van der Waals surface area (Å²) < 4.78 is 18.4. The number of hydrogen-bond acceptors (Lipinski definition) is 5. The van der Waals surface area contributed by atoms with Gasteiger partial charge in [0.25, 0.3) is 5.79 Å². The standard InChI is InChI=1S/C22H20N2O3/c1-22(18-6-5-15(13-23)17-9-12-25-20(17)18)26-19-4-2-3-16(21(19)27-22)14-7-10-24-11-8-14/h2-6,9,12,14,24H,7-8,10-11H2,1H3. The average Bonchev–Trinajstić information content (AvgIpc) is 3.32. The van der Waals surface area contributed by atoms with E-state index >= 15 is 0 Å². The van der Waals surface area contributed by atoms with Gasteiger partial charge >= 0.3 is 0 Å². The van der Waals surface area contributed by atoms with Crippen LogP contribution >= 0.6 is 0 Å². The monoisotopic (exact) mass is 360 g/mol. The molecule has 0 saturated carbocycles. The number of fused-ring (bicyclic) bond motifs is 2. The lowest BCUT2D eigenvalue weighted by atomic mass is 9.89. The number of nitrogens with one attached hydrogen (secondary N) is 1. The highest BCUT2D eigenvalue weighted by atomic mass is 16.7. The van der Waals surface area contributed by atoms with E-state index in [4.69, 9.17) is 13.9 Å². The molecule has 1 saturated heterocycles. The Hall–Kier alpha value is -2.97. The van der Waals surface area contributed by atoms with Gasteiger partial charge in [-0.15, -0.1) is 0 Å². The average molecular weight is 360 g/mol. The Balaban J connectivity index is 1.58. The van der Waals surface area contributed by atoms with Gasteiger partial charge in [0.2, 0.25) is 0 Å². The topological polar surface area (TPSA) is 67.4 Å². The van der Waals surface area contributed by atoms with E-state index in [9.17, 15) is 5.26 Å². The summed E-state index contributed by atoms with van der Waals surface area (Å²) in [4.78, 5) is 0. The van der Waals surface area contributed by atoms with Gasteiger partial charge in [0.15, 0.2) is 11.5 Å². The van der Waals surface area contributed by atoms with Crippen LogP contribution in [0.15, 0.2) is 47.1 Å². The number of piperidine rings is 1. The van der Waals surface area contributed by atoms with Gasteiger partial charge in [-0.3, -0.25) is 0 Å². The number of rotatable bonds is 2. The molecule has 0 radical (unpaired) electrons. The Morgan fingerprint density at radius 1 is 1.11 bits per heavy atom. The zero-order chi connectivity index (χ0) is 18.4. The predicted molar refractivity (Wildman–Crippen MR) is 101 cm³/mol. The lowest BCUT2D eigenvalue weighted by Crippen LogP contribution is -2.32. The van der Waals surface area contributed by atoms with Crippen molar-refractivity contribution in [2.75, 3.05) is 13.1 Å². The maximum absolute atomic E-state index is 9.34. The number of nitrogens with zero attached hydrogens (tertiary/aromatic N) is 1. The van der Waals surface area contributed by atoms with Crippen LogP contribution in [0, 0.1) is 11.3 Å². The van der Waals surface area contributed by atoms with Crippen LogP contribution in [0.2, 0.25) is 0 Å². The Kier molecular flexibility index (Phi) is 3.63. The Morgan fingerprint density at radius 2 is 1.96 bits per heavy atom. The zero-order valence-electron chi connectivity index (χ0n) is 15.1. The van der Waals surface area contributed by atoms with Crippen molar-refractivity contribution in [3.8, 4) is 17.6 Å². The van der Waals surface area contributed by atoms with Crippen molar-refractivity contribution in [3.63, 3.8) is 0 Å². The molecule has 0 amide bonds. The van der Waals surface area contributed by atoms with Gasteiger partial charge in [0.1, 0.15) is 5.58 Å². The fourth-order valence-electron chi connectivity index (χ4n) is 4.23. The largest absolute Gasteiger partial charge is 0.464 e. The first kappa shape index (κ1) is 16.2. The Bertz CT molecular complexity index is 1060. The van der Waals surface area contributed by atoms with Gasteiger partial charge in [0, 0.05) is 17.9 Å². The van der Waals surface area contributed by atoms with E-state index in [2.05, 4.69) is 17.5 Å². The van der Waals surface area contributed by atoms with Crippen molar-refractivity contribution < 1.29 is 13.9 Å². The quantitative estimate of drug-likeness (QED) is 0.733. The van der Waals surface area contributed by atoms with E-state index in [0.717, 1.165) is 48.4 Å². The van der Waals surface area contributed by atoms with Gasteiger partial charge in [-0.05, 0) is 56.1 Å². The molecule has 5 heteroatoms. The lowest BCUT2D eigenvalue weighted by molar-refractivity contribution is -0.0678. The highest BCUT2D eigenvalue weighted by Crippen LogP contribution is 2.50. The normalized spacial score (nSPS) is 22.1. The summed E-state index contributed by atoms with van der Waals surface area (Å²) >= 11 is 0. The molecular formula is C22H20N2O3. The van der Waals surface area contributed by atoms with E-state index in [1.165, 1.54) is 5.56 Å². The SMILES string of the molecule is CC1(c2ccc(C#N)c3ccoc23)Oc2cccc(C3CCNCC3)c2O1. The van der Waals surface area contributed by atoms with Crippen LogP contribution in [-0.2, 0) is 5.79 Å². The summed E-state index contributed by atoms with van der Waals surface area (Å²) in [6, 6.07) is 13.8. The van der Waals surface area contributed by atoms with Gasteiger partial charge in [-0.2, -0.15) is 5.26 Å². The zero-order valence-corrected chi connectivity index (χ0v) is 15.1. The van der Waals surface area contributed by atoms with E-state index in [0.29, 0.717) is 17.1 Å². The van der Waals surface area contributed by atoms with Crippen molar-refractivity contribution in [1.29, 1.82) is 5.26 Å². The summed E-state index contributed by atoms with van der Waals surface area (Å²) in [5.74, 6) is 1.07. The van der Waals surface area contributed by atoms with Crippen LogP contribution < -0.4 is 14.8 Å². The van der Waals surface area contributed by atoms with Crippen LogP contribution in [0.5, 0.6) is 11.5 Å². The van der Waals surface area contributed by atoms with E-state index < -0.39 is 5.79 Å². The minimum Gasteiger partial charge on any atom is -0.464 e. The van der Waals surface area contributed by atoms with E-state index in [-0.39, 0.29) is 0 Å². The molecule has 1 aromatic heterocycles. The third kappa shape index (κ3) is 2.48. The molecule has 2 aliphatic rings. The minimum absolute atomic E-state index is 0.469. The summed E-state index contributed by atoms with van der Waals surface area (Å²) in [5.41, 5.74) is 3.21. The maximum atomic E-state index is 9.34. The lowest BCUT2D eigenvalue weighted by Gasteiger charge is -2.26. The predicted octanol–water partition coefficient (Wildman–Crippen LogP) is 4.42. The third-order valence-electron chi connectivity index (χ3n) is 5.62. The molecule has 1 fully saturated rings. The van der Waals surface area contributed by atoms with Crippen LogP contribution in [0.25, 0.3) is 11.0 Å². The first-order chi connectivity index (χ1) is 13.2. The third-order valence-corrected chi connectivity index (χ3v) is 5.62. The maximum Gasteiger partial charge on any atom is 0.279 e. The van der Waals surface area contributed by atoms with Crippen molar-refractivity contribution in [3.05, 3.63) is 59.4 Å². The second-order valence-electron chi connectivity index (χ2n) is 7.28. The van der Waals surface area contributed by atoms with Crippen molar-refractivity contribution in [2.45, 2.75) is 31.5 Å². The number of nitriles is 1. The molecule has 3 heterocycles. The Labute approximate surface area is 157 Å². The molecule has 0 aliphatic carbocycles. The highest BCUT2D eigenvalue weighted by molar-refractivity contribution is 5.87. The molecule has 136 valence electrons. The first-order valence-corrected chi connectivity index (χ1v) is 9.32. The number of ether oxygens (including phenoxy) is 2. The van der Waals surface area contributed by atoms with Gasteiger partial charge in [0.05, 0.1) is 23.5 Å². The van der Waals surface area contributed by atoms with Gasteiger partial charge in [-0.25, -0.2) is 0 Å². The molecule has 0 bridgehead atoms. The molecule has 1 unspecified atom stereocenters. The highest BCUT2D eigenvalue weighted by Gasteiger charge is 2.43. The van der Waals surface area contributed by atoms with E-state index in [1.807, 2.05) is 31.2 Å². The van der Waals surface area contributed by atoms with E-state index in [1.54, 1.807) is 12.3 Å². The minimum atomic E-state index is -0.991. The molecule has 2 aliphatic heterocycles. The molecular weight excluding hydrogens is 340 g/mol. The van der Waals surface area contributed by atoms with Gasteiger partial charge < -0.3 is 19.2 Å². The molecule has 5 rings (SSSR count). The first-order valence-electron chi connectivity index (χ1n) is 9.32. The van der Waals surface area contributed by atoms with Gasteiger partial charge in [-0.1, -0.05) is 12.1 Å². The smallest absolute Gasteiger partial charge is 0.279 e. The van der Waals surface area contributed by atoms with Crippen LogP contribution in [0.3, 0.4) is 0 Å². The number of furan rings is 1. The molecule has 2 aromatic carbocycles. The fraction of sp³-hybridized carbons (Fsp3) is 0.318. The van der Waals surface area contributed by atoms with Crippen molar-refractivity contribution in [1.82, 2.24) is 5.32 Å². The van der Waals surface area contributed by atoms with Crippen molar-refractivity contribution in [2.24, 2.45) is 0 Å². The summed E-state index contributed by atoms with van der Waals surface area (Å²) in [5, 5.41) is 13.5. The van der Waals surface area contributed by atoms with Crippen LogP contribution in [-0.4, -0.2) is 13.1 Å². The summed E-state index contributed by atoms with van der Waals surface area (Å²) in [6.45, 7) is 3.95. The number of benzene rings is 2. The fourth-order valence-corrected chi connectivity index (χ4v) is 4.23. The molecule has 1 atom stereocenters. The molecule has 0 spiro atoms. The molecule has 1 N–H and O–H groups in total. The number of para-hydroxylation sites is 1. The second-order valence-corrected chi connectivity index (χ2v) is 7.28. The second kappa shape index (κ2) is 6.04. The number of hydrogen-bond donors (Lipinski definition) is 1. The van der Waals surface area contributed by atoms with Crippen LogP contribution in [0.1, 0.15) is 42.4 Å². The van der Waals surface area contributed by atoms with Crippen molar-refractivity contribution >= 4 is 11.0 Å². The molecule has 5 nitrogen and oxygen atoms in total. The summed E-state index contributed by atoms with van der Waals surface area (Å²) in [6.07, 6.45) is 3.78.